The monoisotopic (exact) mass is 445 g/mol. The number of hydrogen-bond acceptors (Lipinski definition) is 4. The SMILES string of the molecule is Cc1cc(C)c(N=Cc2n[nH]c(C=Nc3c(C)cc(C)cc3C)n2)c(C)c1.[CH3-].[CH3-].[Fe+2]. The van der Waals surface area contributed by atoms with E-state index >= 15 is 0 Å². The number of aromatic amines is 1. The van der Waals surface area contributed by atoms with Gasteiger partial charge in [0.25, 0.3) is 0 Å². The van der Waals surface area contributed by atoms with Crippen LogP contribution in [0.5, 0.6) is 0 Å². The molecule has 3 rings (SSSR count). The fourth-order valence-corrected chi connectivity index (χ4v) is 3.40. The molecule has 0 saturated carbocycles. The molecule has 3 aromatic rings. The Morgan fingerprint density at radius 1 is 0.700 bits per heavy atom. The van der Waals surface area contributed by atoms with Crippen molar-refractivity contribution in [1.29, 1.82) is 0 Å². The average Bonchev–Trinajstić information content (AvgIpc) is 3.00. The molecule has 0 fully saturated rings. The molecule has 0 spiro atoms. The van der Waals surface area contributed by atoms with Gasteiger partial charge in [-0.15, -0.1) is 0 Å². The number of benzene rings is 2. The van der Waals surface area contributed by atoms with E-state index in [1.165, 1.54) is 11.1 Å². The summed E-state index contributed by atoms with van der Waals surface area (Å²) in [5.41, 5.74) is 9.00. The predicted octanol–water partition coefficient (Wildman–Crippen LogP) is 6.05. The van der Waals surface area contributed by atoms with Gasteiger partial charge in [-0.3, -0.25) is 15.1 Å². The maximum Gasteiger partial charge on any atom is 2.00 e. The van der Waals surface area contributed by atoms with Gasteiger partial charge >= 0.3 is 17.1 Å². The van der Waals surface area contributed by atoms with E-state index in [4.69, 9.17) is 0 Å². The summed E-state index contributed by atoms with van der Waals surface area (Å²) in [5.74, 6) is 1.14. The van der Waals surface area contributed by atoms with Gasteiger partial charge < -0.3 is 14.9 Å². The third-order valence-electron chi connectivity index (χ3n) is 4.42. The number of hydrogen-bond donors (Lipinski definition) is 1. The predicted molar refractivity (Wildman–Crippen MR) is 125 cm³/mol. The molecule has 2 aromatic carbocycles. The van der Waals surface area contributed by atoms with E-state index in [2.05, 4.69) is 91.0 Å². The molecule has 1 N–H and O–H groups in total. The minimum atomic E-state index is 0. The first-order valence-corrected chi connectivity index (χ1v) is 8.99. The van der Waals surface area contributed by atoms with Crippen LogP contribution in [0.25, 0.3) is 0 Å². The minimum Gasteiger partial charge on any atom is -0.358 e. The maximum absolute atomic E-state index is 4.58. The Bertz CT molecular complexity index is 919. The van der Waals surface area contributed by atoms with Crippen LogP contribution in [0, 0.1) is 56.4 Å². The smallest absolute Gasteiger partial charge is 0.358 e. The molecule has 0 bridgehead atoms. The molecule has 0 atom stereocenters. The zero-order valence-corrected chi connectivity index (χ0v) is 20.2. The topological polar surface area (TPSA) is 66.3 Å². The summed E-state index contributed by atoms with van der Waals surface area (Å²) in [6.45, 7) is 12.4. The zero-order chi connectivity index (χ0) is 19.6. The molecule has 0 aliphatic carbocycles. The Balaban J connectivity index is 0.00000280. The molecule has 5 nitrogen and oxygen atoms in total. The molecular formula is C24H31FeN5. The number of nitrogens with one attached hydrogen (secondary N) is 1. The van der Waals surface area contributed by atoms with Gasteiger partial charge in [-0.1, -0.05) is 35.4 Å². The van der Waals surface area contributed by atoms with Crippen molar-refractivity contribution >= 4 is 23.8 Å². The summed E-state index contributed by atoms with van der Waals surface area (Å²) < 4.78 is 0. The fraction of sp³-hybridized carbons (Fsp3) is 0.250. The summed E-state index contributed by atoms with van der Waals surface area (Å²) >= 11 is 0. The summed E-state index contributed by atoms with van der Waals surface area (Å²) in [5, 5.41) is 7.10. The summed E-state index contributed by atoms with van der Waals surface area (Å²) in [6, 6.07) is 8.51. The first-order valence-electron chi connectivity index (χ1n) is 8.99. The van der Waals surface area contributed by atoms with E-state index in [1.807, 2.05) is 0 Å². The van der Waals surface area contributed by atoms with E-state index in [-0.39, 0.29) is 31.9 Å². The van der Waals surface area contributed by atoms with Crippen molar-refractivity contribution in [2.24, 2.45) is 9.98 Å². The quantitative estimate of drug-likeness (QED) is 0.302. The van der Waals surface area contributed by atoms with Crippen molar-refractivity contribution in [1.82, 2.24) is 15.2 Å². The summed E-state index contributed by atoms with van der Waals surface area (Å²) in [6.07, 6.45) is 3.39. The van der Waals surface area contributed by atoms with Crippen molar-refractivity contribution in [2.45, 2.75) is 41.5 Å². The molecular weight excluding hydrogens is 414 g/mol. The van der Waals surface area contributed by atoms with E-state index < -0.39 is 0 Å². The molecule has 0 amide bonds. The van der Waals surface area contributed by atoms with Gasteiger partial charge in [-0.2, -0.15) is 5.10 Å². The number of nitrogens with zero attached hydrogens (tertiary/aromatic N) is 4. The van der Waals surface area contributed by atoms with Crippen molar-refractivity contribution in [3.8, 4) is 0 Å². The van der Waals surface area contributed by atoms with E-state index in [9.17, 15) is 0 Å². The third kappa shape index (κ3) is 6.48. The number of aromatic nitrogens is 3. The molecule has 0 aliphatic rings. The molecule has 6 heteroatoms. The van der Waals surface area contributed by atoms with E-state index in [0.29, 0.717) is 11.6 Å². The van der Waals surface area contributed by atoms with Crippen molar-refractivity contribution in [2.75, 3.05) is 0 Å². The Kier molecular flexibility index (Phi) is 10.6. The second kappa shape index (κ2) is 11.6. The Morgan fingerprint density at radius 2 is 1.10 bits per heavy atom. The van der Waals surface area contributed by atoms with Crippen molar-refractivity contribution in [3.63, 3.8) is 0 Å². The zero-order valence-electron chi connectivity index (χ0n) is 19.1. The molecule has 1 aromatic heterocycles. The molecule has 0 unspecified atom stereocenters. The van der Waals surface area contributed by atoms with E-state index in [1.54, 1.807) is 12.4 Å². The van der Waals surface area contributed by atoms with Gasteiger partial charge in [-0.25, -0.2) is 4.98 Å². The molecule has 30 heavy (non-hydrogen) atoms. The standard InChI is InChI=1S/C22H25N5.2CH3.Fe/c1-13-7-15(3)21(16(4)8-13)23-11-19-25-20(27-26-19)12-24-22-17(5)9-14(2)10-18(22)6;;;/h7-12H,1-6H3,(H,25,26,27);2*1H3;/q;2*-1;+2. The van der Waals surface area contributed by atoms with Crippen LogP contribution in [-0.2, 0) is 17.1 Å². The van der Waals surface area contributed by atoms with Crippen LogP contribution in [0.2, 0.25) is 0 Å². The van der Waals surface area contributed by atoms with Crippen LogP contribution in [0.15, 0.2) is 34.3 Å². The summed E-state index contributed by atoms with van der Waals surface area (Å²) in [4.78, 5) is 13.6. The van der Waals surface area contributed by atoms with Crippen LogP contribution in [-0.4, -0.2) is 27.6 Å². The van der Waals surface area contributed by atoms with Crippen molar-refractivity contribution < 1.29 is 17.1 Å². The first kappa shape index (κ1) is 27.4. The second-order valence-electron chi connectivity index (χ2n) is 7.09. The molecule has 160 valence electrons. The van der Waals surface area contributed by atoms with Crippen LogP contribution in [0.4, 0.5) is 11.4 Å². The number of aliphatic imine (C=N–C) groups is 2. The molecule has 0 aliphatic heterocycles. The number of H-pyrrole nitrogens is 1. The van der Waals surface area contributed by atoms with E-state index in [0.717, 1.165) is 33.6 Å². The first-order chi connectivity index (χ1) is 12.8. The molecule has 1 heterocycles. The van der Waals surface area contributed by atoms with Crippen molar-refractivity contribution in [3.05, 3.63) is 84.1 Å². The Morgan fingerprint density at radius 3 is 1.53 bits per heavy atom. The molecule has 0 radical (unpaired) electrons. The Labute approximate surface area is 191 Å². The van der Waals surface area contributed by atoms with Gasteiger partial charge in [0.05, 0.1) is 23.8 Å². The number of aryl methyl sites for hydroxylation is 6. The van der Waals surface area contributed by atoms with Gasteiger partial charge in [-0.05, 0) is 63.8 Å². The average molecular weight is 445 g/mol. The normalized spacial score (nSPS) is 10.6. The maximum atomic E-state index is 4.58. The minimum absolute atomic E-state index is 0. The van der Waals surface area contributed by atoms with Crippen LogP contribution >= 0.6 is 0 Å². The summed E-state index contributed by atoms with van der Waals surface area (Å²) in [7, 11) is 0. The van der Waals surface area contributed by atoms with Gasteiger partial charge in [0.2, 0.25) is 0 Å². The third-order valence-corrected chi connectivity index (χ3v) is 4.42. The van der Waals surface area contributed by atoms with Gasteiger partial charge in [0.1, 0.15) is 0 Å². The van der Waals surface area contributed by atoms with Crippen LogP contribution in [0.1, 0.15) is 45.0 Å². The van der Waals surface area contributed by atoms with Crippen LogP contribution < -0.4 is 0 Å². The Hall–Kier alpha value is -2.56. The van der Waals surface area contributed by atoms with Crippen LogP contribution in [0.3, 0.4) is 0 Å². The van der Waals surface area contributed by atoms with Gasteiger partial charge in [0, 0.05) is 0 Å². The largest absolute Gasteiger partial charge is 2.00 e. The number of rotatable bonds is 4. The second-order valence-corrected chi connectivity index (χ2v) is 7.09. The molecule has 0 saturated heterocycles. The van der Waals surface area contributed by atoms with Gasteiger partial charge in [0.15, 0.2) is 11.6 Å². The fourth-order valence-electron chi connectivity index (χ4n) is 3.40.